The second-order valence-corrected chi connectivity index (χ2v) is 7.81. The van der Waals surface area contributed by atoms with Gasteiger partial charge in [-0.05, 0) is 60.4 Å². The Bertz CT molecular complexity index is 995. The molecule has 0 aliphatic heterocycles. The average molecular weight is 373 g/mol. The Balaban J connectivity index is 2.20. The number of rotatable bonds is 4. The number of benzene rings is 2. The third kappa shape index (κ3) is 4.72. The zero-order chi connectivity index (χ0) is 19.2. The number of ketones is 1. The van der Waals surface area contributed by atoms with E-state index in [0.29, 0.717) is 0 Å². The summed E-state index contributed by atoms with van der Waals surface area (Å²) >= 11 is 1.74. The van der Waals surface area contributed by atoms with Crippen LogP contribution in [0.1, 0.15) is 38.8 Å². The minimum absolute atomic E-state index is 0.0950. The summed E-state index contributed by atoms with van der Waals surface area (Å²) in [6, 6.07) is 25.0. The van der Waals surface area contributed by atoms with Crippen LogP contribution in [-0.2, 0) is 6.42 Å². The molecule has 0 N–H and O–H groups in total. The van der Waals surface area contributed by atoms with Gasteiger partial charge in [0.15, 0.2) is 5.78 Å². The van der Waals surface area contributed by atoms with Gasteiger partial charge < -0.3 is 0 Å². The Morgan fingerprint density at radius 2 is 1.48 bits per heavy atom. The Morgan fingerprint density at radius 3 is 2.19 bits per heavy atom. The van der Waals surface area contributed by atoms with Gasteiger partial charge in [0, 0.05) is 10.4 Å². The molecule has 0 unspecified atom stereocenters. The molecule has 3 rings (SSSR count). The van der Waals surface area contributed by atoms with Crippen molar-refractivity contribution in [3.05, 3.63) is 105 Å². The van der Waals surface area contributed by atoms with Crippen molar-refractivity contribution in [1.29, 1.82) is 0 Å². The topological polar surface area (TPSA) is 17.1 Å². The van der Waals surface area contributed by atoms with Gasteiger partial charge in [0.2, 0.25) is 0 Å². The highest BCUT2D eigenvalue weighted by atomic mass is 32.1. The molecular formula is C25H24OS. The lowest BCUT2D eigenvalue weighted by molar-refractivity contribution is 0.101. The van der Waals surface area contributed by atoms with Gasteiger partial charge in [0.05, 0.1) is 0 Å². The fourth-order valence-corrected chi connectivity index (χ4v) is 3.95. The lowest BCUT2D eigenvalue weighted by atomic mass is 9.93. The maximum absolute atomic E-state index is 11.6. The maximum Gasteiger partial charge on any atom is 0.159 e. The molecule has 0 amide bonds. The Labute approximate surface area is 165 Å². The van der Waals surface area contributed by atoms with Crippen LogP contribution >= 0.6 is 11.3 Å². The van der Waals surface area contributed by atoms with Crippen LogP contribution in [0, 0.1) is 13.8 Å². The molecule has 0 fully saturated rings. The van der Waals surface area contributed by atoms with E-state index in [1.807, 2.05) is 12.1 Å². The first kappa shape index (κ1) is 19.1. The SMILES string of the molecule is CC(=O)c1ccc(-c2c(Cc3ccccc3C)cccccsc2C)cc1. The summed E-state index contributed by atoms with van der Waals surface area (Å²) in [5, 5.41) is 2.11. The van der Waals surface area contributed by atoms with Crippen molar-refractivity contribution in [3.8, 4) is 11.1 Å². The molecule has 2 aromatic carbocycles. The van der Waals surface area contributed by atoms with Gasteiger partial charge >= 0.3 is 0 Å². The van der Waals surface area contributed by atoms with Crippen molar-refractivity contribution >= 4 is 17.1 Å². The predicted molar refractivity (Wildman–Crippen MR) is 116 cm³/mol. The molecule has 27 heavy (non-hydrogen) atoms. The van der Waals surface area contributed by atoms with Crippen molar-refractivity contribution in [1.82, 2.24) is 0 Å². The summed E-state index contributed by atoms with van der Waals surface area (Å²) in [5.74, 6) is 0.0950. The average Bonchev–Trinajstić information content (AvgIpc) is 2.74. The van der Waals surface area contributed by atoms with Crippen molar-refractivity contribution in [3.63, 3.8) is 0 Å². The van der Waals surface area contributed by atoms with E-state index in [4.69, 9.17) is 0 Å². The quantitative estimate of drug-likeness (QED) is 0.453. The van der Waals surface area contributed by atoms with Crippen molar-refractivity contribution < 1.29 is 4.79 Å². The minimum atomic E-state index is 0.0950. The normalized spacial score (nSPS) is 10.3. The number of carbonyl (C=O) groups excluding carboxylic acids is 1. The summed E-state index contributed by atoms with van der Waals surface area (Å²) in [6.45, 7) is 5.93. The molecule has 2 heteroatoms. The summed E-state index contributed by atoms with van der Waals surface area (Å²) < 4.78 is 0. The van der Waals surface area contributed by atoms with Gasteiger partial charge in [-0.3, -0.25) is 4.79 Å². The number of hydrogen-bond acceptors (Lipinski definition) is 2. The number of Topliss-reactive ketones (excluding diaryl/α,β-unsaturated/α-hetero) is 1. The van der Waals surface area contributed by atoms with E-state index in [1.54, 1.807) is 18.3 Å². The first-order valence-corrected chi connectivity index (χ1v) is 10.0. The van der Waals surface area contributed by atoms with Crippen LogP contribution < -0.4 is 0 Å². The zero-order valence-electron chi connectivity index (χ0n) is 16.0. The van der Waals surface area contributed by atoms with Crippen LogP contribution in [-0.4, -0.2) is 5.78 Å². The van der Waals surface area contributed by atoms with E-state index in [9.17, 15) is 4.79 Å². The molecule has 1 aromatic heterocycles. The molecule has 0 spiro atoms. The maximum atomic E-state index is 11.6. The molecule has 1 heterocycles. The van der Waals surface area contributed by atoms with Crippen LogP contribution in [0.2, 0.25) is 0 Å². The Kier molecular flexibility index (Phi) is 6.20. The highest BCUT2D eigenvalue weighted by molar-refractivity contribution is 7.09. The van der Waals surface area contributed by atoms with Crippen molar-refractivity contribution in [2.45, 2.75) is 27.2 Å². The van der Waals surface area contributed by atoms with Crippen LogP contribution in [0.25, 0.3) is 11.1 Å². The smallest absolute Gasteiger partial charge is 0.159 e. The second-order valence-electron chi connectivity index (χ2n) is 6.69. The van der Waals surface area contributed by atoms with Crippen molar-refractivity contribution in [2.75, 3.05) is 0 Å². The van der Waals surface area contributed by atoms with Crippen LogP contribution in [0.3, 0.4) is 0 Å². The largest absolute Gasteiger partial charge is 0.295 e. The van der Waals surface area contributed by atoms with Crippen LogP contribution in [0.5, 0.6) is 0 Å². The molecule has 0 bridgehead atoms. The lowest BCUT2D eigenvalue weighted by Crippen LogP contribution is -1.96. The summed E-state index contributed by atoms with van der Waals surface area (Å²) in [6.07, 6.45) is 0.874. The molecule has 3 aromatic rings. The van der Waals surface area contributed by atoms with E-state index < -0.39 is 0 Å². The molecule has 1 nitrogen and oxygen atoms in total. The van der Waals surface area contributed by atoms with E-state index in [2.05, 4.69) is 79.9 Å². The Morgan fingerprint density at radius 1 is 0.815 bits per heavy atom. The summed E-state index contributed by atoms with van der Waals surface area (Å²) in [7, 11) is 0. The fraction of sp³-hybridized carbons (Fsp3) is 0.160. The van der Waals surface area contributed by atoms with E-state index >= 15 is 0 Å². The molecule has 0 aliphatic carbocycles. The zero-order valence-corrected chi connectivity index (χ0v) is 16.8. The molecule has 0 aliphatic rings. The fourth-order valence-electron chi connectivity index (χ4n) is 3.21. The van der Waals surface area contributed by atoms with Gasteiger partial charge in [-0.2, -0.15) is 0 Å². The van der Waals surface area contributed by atoms with E-state index in [-0.39, 0.29) is 5.78 Å². The summed E-state index contributed by atoms with van der Waals surface area (Å²) in [4.78, 5) is 12.9. The number of carbonyl (C=O) groups is 1. The summed E-state index contributed by atoms with van der Waals surface area (Å²) in [5.41, 5.74) is 7.06. The van der Waals surface area contributed by atoms with Gasteiger partial charge in [0.1, 0.15) is 0 Å². The minimum Gasteiger partial charge on any atom is -0.295 e. The third-order valence-electron chi connectivity index (χ3n) is 4.74. The van der Waals surface area contributed by atoms with E-state index in [0.717, 1.165) is 17.5 Å². The molecule has 0 saturated heterocycles. The van der Waals surface area contributed by atoms with E-state index in [1.165, 1.54) is 27.1 Å². The number of hydrogen-bond donors (Lipinski definition) is 0. The van der Waals surface area contributed by atoms with Crippen LogP contribution in [0.4, 0.5) is 0 Å². The number of aryl methyl sites for hydroxylation is 2. The van der Waals surface area contributed by atoms with Crippen molar-refractivity contribution in [2.24, 2.45) is 0 Å². The first-order chi connectivity index (χ1) is 13.1. The molecule has 0 saturated carbocycles. The van der Waals surface area contributed by atoms with Gasteiger partial charge in [0.25, 0.3) is 0 Å². The predicted octanol–water partition coefficient (Wildman–Crippen LogP) is 6.95. The first-order valence-electron chi connectivity index (χ1n) is 9.12. The lowest BCUT2D eigenvalue weighted by Gasteiger charge is -2.12. The second kappa shape index (κ2) is 8.79. The highest BCUT2D eigenvalue weighted by Gasteiger charge is 2.10. The van der Waals surface area contributed by atoms with Gasteiger partial charge in [-0.25, -0.2) is 0 Å². The van der Waals surface area contributed by atoms with Gasteiger partial charge in [-0.1, -0.05) is 72.8 Å². The van der Waals surface area contributed by atoms with Crippen LogP contribution in [0.15, 0.2) is 78.2 Å². The third-order valence-corrected chi connectivity index (χ3v) is 5.59. The van der Waals surface area contributed by atoms with Gasteiger partial charge in [-0.15, -0.1) is 11.3 Å². The highest BCUT2D eigenvalue weighted by Crippen LogP contribution is 2.30. The molecule has 0 atom stereocenters. The molecular weight excluding hydrogens is 348 g/mol. The standard InChI is InChI=1S/C25H24OS/c1-18-9-6-7-10-23(18)17-24-11-5-4-8-16-27-20(3)25(24)22-14-12-21(13-15-22)19(2)26/h4-16H,17H2,1-3H3. The molecule has 136 valence electrons. The molecule has 0 radical (unpaired) electrons. The Hall–Kier alpha value is -2.71. The monoisotopic (exact) mass is 372 g/mol.